The van der Waals surface area contributed by atoms with E-state index in [0.29, 0.717) is 6.42 Å². The first-order valence-electron chi connectivity index (χ1n) is 6.44. The Bertz CT molecular complexity index is 395. The molecule has 5 heteroatoms. The molecule has 0 aliphatic carbocycles. The van der Waals surface area contributed by atoms with Gasteiger partial charge in [0.05, 0.1) is 6.04 Å². The van der Waals surface area contributed by atoms with Gasteiger partial charge in [-0.15, -0.1) is 0 Å². The molecular weight excluding hydrogens is 260 g/mol. The van der Waals surface area contributed by atoms with Crippen LogP contribution in [0.5, 0.6) is 5.75 Å². The Balaban J connectivity index is 2.42. The normalized spacial score (nSPS) is 13.8. The second kappa shape index (κ2) is 8.07. The standard InChI is InChI=1S/C14H22N2O2S/c1-3-19-9-10(2)16-14(18)13(15)8-11-4-6-12(17)7-5-11/h4-7,10,13,17H,3,8-9,15H2,1-2H3,(H,16,18)/t10?,13-/m0/s1. The van der Waals surface area contributed by atoms with Gasteiger partial charge in [-0.05, 0) is 36.8 Å². The van der Waals surface area contributed by atoms with Gasteiger partial charge in [0.1, 0.15) is 5.75 Å². The summed E-state index contributed by atoms with van der Waals surface area (Å²) in [6.45, 7) is 4.07. The quantitative estimate of drug-likeness (QED) is 0.709. The van der Waals surface area contributed by atoms with Crippen molar-refractivity contribution < 1.29 is 9.90 Å². The fraction of sp³-hybridized carbons (Fsp3) is 0.500. The number of hydrogen-bond donors (Lipinski definition) is 3. The Hall–Kier alpha value is -1.20. The number of rotatable bonds is 7. The van der Waals surface area contributed by atoms with Gasteiger partial charge in [-0.25, -0.2) is 0 Å². The average molecular weight is 282 g/mol. The Kier molecular flexibility index (Phi) is 6.73. The summed E-state index contributed by atoms with van der Waals surface area (Å²) in [5.74, 6) is 2.03. The van der Waals surface area contributed by atoms with E-state index in [1.165, 1.54) is 0 Å². The van der Waals surface area contributed by atoms with E-state index in [0.717, 1.165) is 17.1 Å². The zero-order chi connectivity index (χ0) is 14.3. The largest absolute Gasteiger partial charge is 0.508 e. The summed E-state index contributed by atoms with van der Waals surface area (Å²) in [7, 11) is 0. The monoisotopic (exact) mass is 282 g/mol. The van der Waals surface area contributed by atoms with Crippen LogP contribution in [-0.2, 0) is 11.2 Å². The lowest BCUT2D eigenvalue weighted by Crippen LogP contribution is -2.46. The topological polar surface area (TPSA) is 75.4 Å². The molecule has 0 fully saturated rings. The van der Waals surface area contributed by atoms with E-state index < -0.39 is 6.04 Å². The number of phenolic OH excluding ortho intramolecular Hbond substituents is 1. The molecule has 19 heavy (non-hydrogen) atoms. The number of hydrogen-bond acceptors (Lipinski definition) is 4. The van der Waals surface area contributed by atoms with Crippen molar-refractivity contribution in [3.8, 4) is 5.75 Å². The van der Waals surface area contributed by atoms with Crippen molar-refractivity contribution in [3.63, 3.8) is 0 Å². The fourth-order valence-corrected chi connectivity index (χ4v) is 2.34. The van der Waals surface area contributed by atoms with Gasteiger partial charge in [-0.1, -0.05) is 19.1 Å². The van der Waals surface area contributed by atoms with E-state index in [9.17, 15) is 9.90 Å². The lowest BCUT2D eigenvalue weighted by molar-refractivity contribution is -0.122. The highest BCUT2D eigenvalue weighted by Gasteiger charge is 2.16. The summed E-state index contributed by atoms with van der Waals surface area (Å²) in [4.78, 5) is 11.9. The van der Waals surface area contributed by atoms with Gasteiger partial charge in [0.25, 0.3) is 0 Å². The van der Waals surface area contributed by atoms with E-state index in [4.69, 9.17) is 5.73 Å². The molecule has 4 nitrogen and oxygen atoms in total. The molecule has 0 spiro atoms. The molecule has 4 N–H and O–H groups in total. The van der Waals surface area contributed by atoms with Crippen LogP contribution in [0.25, 0.3) is 0 Å². The Morgan fingerprint density at radius 3 is 2.63 bits per heavy atom. The van der Waals surface area contributed by atoms with Gasteiger partial charge in [0.2, 0.25) is 5.91 Å². The van der Waals surface area contributed by atoms with Crippen LogP contribution in [0.1, 0.15) is 19.4 Å². The molecule has 1 amide bonds. The Labute approximate surface area is 118 Å². The third-order valence-corrected chi connectivity index (χ3v) is 3.83. The summed E-state index contributed by atoms with van der Waals surface area (Å²) in [6.07, 6.45) is 0.472. The lowest BCUT2D eigenvalue weighted by atomic mass is 10.1. The van der Waals surface area contributed by atoms with Crippen LogP contribution in [0.15, 0.2) is 24.3 Å². The highest BCUT2D eigenvalue weighted by molar-refractivity contribution is 7.99. The van der Waals surface area contributed by atoms with E-state index >= 15 is 0 Å². The molecule has 1 aromatic rings. The predicted molar refractivity (Wildman–Crippen MR) is 80.4 cm³/mol. The molecule has 0 saturated heterocycles. The second-order valence-electron chi connectivity index (χ2n) is 4.55. The maximum absolute atomic E-state index is 11.9. The summed E-state index contributed by atoms with van der Waals surface area (Å²) >= 11 is 1.79. The predicted octanol–water partition coefficient (Wildman–Crippen LogP) is 1.52. The summed E-state index contributed by atoms with van der Waals surface area (Å²) in [6, 6.07) is 6.32. The molecule has 1 aromatic carbocycles. The van der Waals surface area contributed by atoms with Gasteiger partial charge in [0.15, 0.2) is 0 Å². The number of carbonyl (C=O) groups is 1. The summed E-state index contributed by atoms with van der Waals surface area (Å²) < 4.78 is 0. The van der Waals surface area contributed by atoms with Gasteiger partial charge < -0.3 is 16.2 Å². The SMILES string of the molecule is CCSCC(C)NC(=O)[C@@H](N)Cc1ccc(O)cc1. The first kappa shape index (κ1) is 15.9. The highest BCUT2D eigenvalue weighted by atomic mass is 32.2. The minimum absolute atomic E-state index is 0.128. The van der Waals surface area contributed by atoms with Crippen molar-refractivity contribution in [3.05, 3.63) is 29.8 Å². The van der Waals surface area contributed by atoms with Crippen LogP contribution < -0.4 is 11.1 Å². The number of carbonyl (C=O) groups excluding carboxylic acids is 1. The van der Waals surface area contributed by atoms with Gasteiger partial charge in [-0.2, -0.15) is 11.8 Å². The first-order chi connectivity index (χ1) is 9.02. The number of nitrogens with two attached hydrogens (primary N) is 1. The molecule has 1 rings (SSSR count). The lowest BCUT2D eigenvalue weighted by Gasteiger charge is -2.17. The van der Waals surface area contributed by atoms with E-state index in [-0.39, 0.29) is 17.7 Å². The van der Waals surface area contributed by atoms with Gasteiger partial charge >= 0.3 is 0 Å². The molecule has 0 aliphatic rings. The summed E-state index contributed by atoms with van der Waals surface area (Å²) in [5.41, 5.74) is 6.82. The van der Waals surface area contributed by atoms with Gasteiger partial charge in [0, 0.05) is 11.8 Å². The third-order valence-electron chi connectivity index (χ3n) is 2.69. The fourth-order valence-electron chi connectivity index (χ4n) is 1.66. The molecule has 2 atom stereocenters. The molecule has 0 aliphatic heterocycles. The van der Waals surface area contributed by atoms with Crippen molar-refractivity contribution >= 4 is 17.7 Å². The van der Waals surface area contributed by atoms with E-state index in [2.05, 4.69) is 12.2 Å². The maximum atomic E-state index is 11.9. The number of nitrogens with one attached hydrogen (secondary N) is 1. The molecule has 106 valence electrons. The molecule has 0 saturated carbocycles. The van der Waals surface area contributed by atoms with Crippen molar-refractivity contribution in [2.45, 2.75) is 32.4 Å². The van der Waals surface area contributed by atoms with Crippen molar-refractivity contribution in [1.82, 2.24) is 5.32 Å². The Morgan fingerprint density at radius 2 is 2.05 bits per heavy atom. The van der Waals surface area contributed by atoms with E-state index in [1.807, 2.05) is 6.92 Å². The number of phenols is 1. The zero-order valence-corrected chi connectivity index (χ0v) is 12.2. The zero-order valence-electron chi connectivity index (χ0n) is 11.4. The van der Waals surface area contributed by atoms with Crippen molar-refractivity contribution in [2.75, 3.05) is 11.5 Å². The van der Waals surface area contributed by atoms with Crippen LogP contribution in [-0.4, -0.2) is 34.6 Å². The third kappa shape index (κ3) is 5.98. The second-order valence-corrected chi connectivity index (χ2v) is 5.87. The van der Waals surface area contributed by atoms with Crippen LogP contribution in [0.4, 0.5) is 0 Å². The van der Waals surface area contributed by atoms with Crippen LogP contribution in [0, 0.1) is 0 Å². The molecule has 0 radical (unpaired) electrons. The minimum Gasteiger partial charge on any atom is -0.508 e. The van der Waals surface area contributed by atoms with Crippen molar-refractivity contribution in [1.29, 1.82) is 0 Å². The maximum Gasteiger partial charge on any atom is 0.237 e. The van der Waals surface area contributed by atoms with Crippen LogP contribution >= 0.6 is 11.8 Å². The molecular formula is C14H22N2O2S. The Morgan fingerprint density at radius 1 is 1.42 bits per heavy atom. The molecule has 1 unspecified atom stereocenters. The van der Waals surface area contributed by atoms with E-state index in [1.54, 1.807) is 36.0 Å². The van der Waals surface area contributed by atoms with Crippen LogP contribution in [0.3, 0.4) is 0 Å². The van der Waals surface area contributed by atoms with Crippen molar-refractivity contribution in [2.24, 2.45) is 5.73 Å². The summed E-state index contributed by atoms with van der Waals surface area (Å²) in [5, 5.41) is 12.1. The molecule has 0 aromatic heterocycles. The number of thioether (sulfide) groups is 1. The molecule has 0 bridgehead atoms. The smallest absolute Gasteiger partial charge is 0.237 e. The molecule has 0 heterocycles. The number of aromatic hydroxyl groups is 1. The average Bonchev–Trinajstić information content (AvgIpc) is 2.39. The number of amides is 1. The van der Waals surface area contributed by atoms with Gasteiger partial charge in [-0.3, -0.25) is 4.79 Å². The van der Waals surface area contributed by atoms with Crippen LogP contribution in [0.2, 0.25) is 0 Å². The first-order valence-corrected chi connectivity index (χ1v) is 7.60. The number of benzene rings is 1. The highest BCUT2D eigenvalue weighted by Crippen LogP contribution is 2.11. The minimum atomic E-state index is -0.557.